The van der Waals surface area contributed by atoms with E-state index >= 15 is 0 Å². The fourth-order valence-electron chi connectivity index (χ4n) is 6.53. The van der Waals surface area contributed by atoms with Crippen LogP contribution in [0.25, 0.3) is 22.6 Å². The third kappa shape index (κ3) is 3.90. The molecule has 1 N–H and O–H groups in total. The summed E-state index contributed by atoms with van der Waals surface area (Å²) < 4.78 is 55.1. The standard InChI is InChI=1S/C28H26F2N6O2S/c1-15-12-16(13-23(32-15)36-39(4,37)38)26-31-11-9-22(33-26)28-10-8-18(27(28,2)3)17-14-21(34-35-25(17)28)24-19(29)6-5-7-20(24)30/h5-7,9,11-14,18H,8,10H2,1-4H3,(H,32,36)/t18-,28-/m0/s1. The van der Waals surface area contributed by atoms with Gasteiger partial charge < -0.3 is 0 Å². The molecule has 2 aliphatic carbocycles. The molecule has 0 aliphatic heterocycles. The van der Waals surface area contributed by atoms with Crippen LogP contribution in [0.5, 0.6) is 0 Å². The number of fused-ring (bicyclic) bond motifs is 5. The number of hydrogen-bond donors (Lipinski definition) is 1. The molecule has 200 valence electrons. The summed E-state index contributed by atoms with van der Waals surface area (Å²) in [6, 6.07) is 10.8. The first-order valence-electron chi connectivity index (χ1n) is 12.5. The number of rotatable bonds is 5. The van der Waals surface area contributed by atoms with Gasteiger partial charge in [-0.3, -0.25) is 4.72 Å². The van der Waals surface area contributed by atoms with Crippen LogP contribution in [0.4, 0.5) is 14.6 Å². The highest BCUT2D eigenvalue weighted by Gasteiger charge is 2.65. The Morgan fingerprint density at radius 3 is 2.49 bits per heavy atom. The highest BCUT2D eigenvalue weighted by molar-refractivity contribution is 7.92. The van der Waals surface area contributed by atoms with Crippen LogP contribution in [0.2, 0.25) is 0 Å². The minimum absolute atomic E-state index is 0.101. The minimum Gasteiger partial charge on any atom is -0.268 e. The molecule has 0 amide bonds. The maximum Gasteiger partial charge on any atom is 0.230 e. The molecule has 0 unspecified atom stereocenters. The second-order valence-electron chi connectivity index (χ2n) is 10.9. The van der Waals surface area contributed by atoms with Crippen LogP contribution in [0.15, 0.2) is 48.7 Å². The summed E-state index contributed by atoms with van der Waals surface area (Å²) in [5.41, 5.74) is 2.79. The van der Waals surface area contributed by atoms with Gasteiger partial charge in [0, 0.05) is 17.5 Å². The van der Waals surface area contributed by atoms with Crippen molar-refractivity contribution in [3.8, 4) is 22.6 Å². The van der Waals surface area contributed by atoms with E-state index in [1.54, 1.807) is 31.3 Å². The number of halogens is 2. The van der Waals surface area contributed by atoms with E-state index in [-0.39, 0.29) is 28.4 Å². The molecule has 6 rings (SSSR count). The maximum absolute atomic E-state index is 14.6. The van der Waals surface area contributed by atoms with Crippen LogP contribution < -0.4 is 4.72 Å². The molecule has 0 spiro atoms. The van der Waals surface area contributed by atoms with Gasteiger partial charge >= 0.3 is 0 Å². The SMILES string of the molecule is Cc1cc(-c2nccc([C@@]34CC[C@@H](c5cc(-c6c(F)cccc6F)nnc53)C4(C)C)n2)cc(NS(C)(=O)=O)n1. The van der Waals surface area contributed by atoms with Gasteiger partial charge in [0.05, 0.1) is 34.3 Å². The lowest BCUT2D eigenvalue weighted by Crippen LogP contribution is -2.38. The van der Waals surface area contributed by atoms with Crippen molar-refractivity contribution in [1.82, 2.24) is 25.1 Å². The molecule has 0 radical (unpaired) electrons. The van der Waals surface area contributed by atoms with Crippen molar-refractivity contribution < 1.29 is 17.2 Å². The number of anilines is 1. The summed E-state index contributed by atoms with van der Waals surface area (Å²) >= 11 is 0. The monoisotopic (exact) mass is 548 g/mol. The molecule has 2 bridgehead atoms. The molecule has 1 saturated carbocycles. The molecule has 4 aromatic rings. The lowest BCUT2D eigenvalue weighted by molar-refractivity contribution is 0.243. The van der Waals surface area contributed by atoms with Crippen molar-refractivity contribution in [3.63, 3.8) is 0 Å². The third-order valence-electron chi connectivity index (χ3n) is 8.20. The zero-order valence-corrected chi connectivity index (χ0v) is 22.6. The Bertz CT molecular complexity index is 1740. The number of aromatic nitrogens is 5. The molecular weight excluding hydrogens is 522 g/mol. The predicted molar refractivity (Wildman–Crippen MR) is 142 cm³/mol. The number of nitrogens with one attached hydrogen (secondary N) is 1. The third-order valence-corrected chi connectivity index (χ3v) is 8.78. The summed E-state index contributed by atoms with van der Waals surface area (Å²) in [6.07, 6.45) is 4.40. The first-order valence-corrected chi connectivity index (χ1v) is 14.4. The Kier molecular flexibility index (Phi) is 5.59. The smallest absolute Gasteiger partial charge is 0.230 e. The van der Waals surface area contributed by atoms with Gasteiger partial charge in [0.1, 0.15) is 17.5 Å². The molecular formula is C28H26F2N6O2S. The van der Waals surface area contributed by atoms with Crippen LogP contribution in [0.3, 0.4) is 0 Å². The quantitative estimate of drug-likeness (QED) is 0.367. The van der Waals surface area contributed by atoms with Gasteiger partial charge in [-0.1, -0.05) is 19.9 Å². The van der Waals surface area contributed by atoms with Gasteiger partial charge in [-0.25, -0.2) is 32.2 Å². The summed E-state index contributed by atoms with van der Waals surface area (Å²) in [7, 11) is -3.52. The van der Waals surface area contributed by atoms with Crippen molar-refractivity contribution in [3.05, 3.63) is 82.9 Å². The lowest BCUT2D eigenvalue weighted by atomic mass is 9.66. The van der Waals surface area contributed by atoms with Gasteiger partial charge in [-0.15, -0.1) is 5.10 Å². The normalized spacial score (nSPS) is 21.1. The first kappa shape index (κ1) is 25.4. The average molecular weight is 549 g/mol. The molecule has 1 aromatic carbocycles. The Labute approximate surface area is 225 Å². The fourth-order valence-corrected chi connectivity index (χ4v) is 7.02. The van der Waals surface area contributed by atoms with E-state index in [2.05, 4.69) is 38.7 Å². The summed E-state index contributed by atoms with van der Waals surface area (Å²) in [5, 5.41) is 8.87. The van der Waals surface area contributed by atoms with Gasteiger partial charge in [0.25, 0.3) is 0 Å². The second kappa shape index (κ2) is 8.57. The van der Waals surface area contributed by atoms with Crippen LogP contribution in [-0.2, 0) is 15.4 Å². The topological polar surface area (TPSA) is 111 Å². The van der Waals surface area contributed by atoms with E-state index in [1.807, 2.05) is 6.07 Å². The van der Waals surface area contributed by atoms with Crippen molar-refractivity contribution in [2.24, 2.45) is 5.41 Å². The number of aryl methyl sites for hydroxylation is 1. The van der Waals surface area contributed by atoms with E-state index in [0.717, 1.165) is 36.0 Å². The van der Waals surface area contributed by atoms with Crippen LogP contribution in [0, 0.1) is 24.0 Å². The van der Waals surface area contributed by atoms with Crippen molar-refractivity contribution in [1.29, 1.82) is 0 Å². The highest BCUT2D eigenvalue weighted by Crippen LogP contribution is 2.69. The van der Waals surface area contributed by atoms with E-state index in [1.165, 1.54) is 18.2 Å². The van der Waals surface area contributed by atoms with Gasteiger partial charge in [0.2, 0.25) is 10.0 Å². The maximum atomic E-state index is 14.6. The molecule has 2 atom stereocenters. The zero-order valence-electron chi connectivity index (χ0n) is 21.8. The summed E-state index contributed by atoms with van der Waals surface area (Å²) in [6.45, 7) is 6.10. The molecule has 39 heavy (non-hydrogen) atoms. The van der Waals surface area contributed by atoms with E-state index in [4.69, 9.17) is 4.98 Å². The van der Waals surface area contributed by atoms with Gasteiger partial charge in [-0.2, -0.15) is 5.10 Å². The van der Waals surface area contributed by atoms with Gasteiger partial charge in [-0.05, 0) is 73.1 Å². The summed E-state index contributed by atoms with van der Waals surface area (Å²) in [4.78, 5) is 13.7. The largest absolute Gasteiger partial charge is 0.268 e. The summed E-state index contributed by atoms with van der Waals surface area (Å²) in [5.74, 6) is -0.650. The van der Waals surface area contributed by atoms with Crippen molar-refractivity contribution in [2.75, 3.05) is 11.0 Å². The average Bonchev–Trinajstić information content (AvgIpc) is 3.23. The number of pyridine rings is 1. The number of nitrogens with zero attached hydrogens (tertiary/aromatic N) is 5. The van der Waals surface area contributed by atoms with Crippen LogP contribution in [0.1, 0.15) is 55.3 Å². The predicted octanol–water partition coefficient (Wildman–Crippen LogP) is 5.16. The highest BCUT2D eigenvalue weighted by atomic mass is 32.2. The number of sulfonamides is 1. The Morgan fingerprint density at radius 2 is 1.77 bits per heavy atom. The van der Waals surface area contributed by atoms with E-state index in [0.29, 0.717) is 17.1 Å². The lowest BCUT2D eigenvalue weighted by Gasteiger charge is -2.37. The Hall–Kier alpha value is -3.86. The Morgan fingerprint density at radius 1 is 1.03 bits per heavy atom. The van der Waals surface area contributed by atoms with Gasteiger partial charge in [0.15, 0.2) is 5.82 Å². The molecule has 8 nitrogen and oxygen atoms in total. The second-order valence-corrected chi connectivity index (χ2v) is 12.6. The zero-order chi connectivity index (χ0) is 27.7. The molecule has 3 aromatic heterocycles. The molecule has 2 aliphatic rings. The van der Waals surface area contributed by atoms with Crippen molar-refractivity contribution in [2.45, 2.75) is 44.9 Å². The fraction of sp³-hybridized carbons (Fsp3) is 0.321. The minimum atomic E-state index is -3.52. The molecule has 3 heterocycles. The van der Waals surface area contributed by atoms with E-state index in [9.17, 15) is 17.2 Å². The molecule has 11 heteroatoms. The number of benzene rings is 1. The van der Waals surface area contributed by atoms with Crippen LogP contribution >= 0.6 is 0 Å². The number of hydrogen-bond acceptors (Lipinski definition) is 7. The van der Waals surface area contributed by atoms with Crippen molar-refractivity contribution >= 4 is 15.8 Å². The molecule has 0 saturated heterocycles. The van der Waals surface area contributed by atoms with E-state index < -0.39 is 27.1 Å². The van der Waals surface area contributed by atoms with Crippen LogP contribution in [-0.4, -0.2) is 39.8 Å². The molecule has 1 fully saturated rings. The first-order chi connectivity index (χ1) is 18.4. The Balaban J connectivity index is 1.48.